The molecule has 0 bridgehead atoms. The predicted octanol–water partition coefficient (Wildman–Crippen LogP) is 2.42. The fraction of sp³-hybridized carbons (Fsp3) is 0.625. The van der Waals surface area contributed by atoms with Gasteiger partial charge in [-0.2, -0.15) is 0 Å². The van der Waals surface area contributed by atoms with Crippen molar-refractivity contribution in [2.24, 2.45) is 17.6 Å². The third kappa shape index (κ3) is 2.45. The first-order chi connectivity index (χ1) is 8.86. The van der Waals surface area contributed by atoms with Crippen molar-refractivity contribution in [3.63, 3.8) is 0 Å². The van der Waals surface area contributed by atoms with Crippen LogP contribution in [0.2, 0.25) is 0 Å². The molecule has 0 radical (unpaired) electrons. The Morgan fingerprint density at radius 2 is 1.72 bits per heavy atom. The Kier molecular flexibility index (Phi) is 3.67. The summed E-state index contributed by atoms with van der Waals surface area (Å²) in [5, 5.41) is 0. The van der Waals surface area contributed by atoms with Crippen molar-refractivity contribution in [1.29, 1.82) is 0 Å². The number of fused-ring (bicyclic) bond motifs is 1. The van der Waals surface area contributed by atoms with Crippen LogP contribution in [0.3, 0.4) is 0 Å². The lowest BCUT2D eigenvalue weighted by molar-refractivity contribution is 0.302. The van der Waals surface area contributed by atoms with Gasteiger partial charge in [0.2, 0.25) is 0 Å². The van der Waals surface area contributed by atoms with Gasteiger partial charge in [-0.25, -0.2) is 0 Å². The number of hydrogen-bond acceptors (Lipinski definition) is 2. The summed E-state index contributed by atoms with van der Waals surface area (Å²) < 4.78 is 0. The molecule has 2 heteroatoms. The van der Waals surface area contributed by atoms with Crippen molar-refractivity contribution in [2.75, 3.05) is 19.6 Å². The lowest BCUT2D eigenvalue weighted by Crippen LogP contribution is -2.22. The van der Waals surface area contributed by atoms with Crippen LogP contribution >= 0.6 is 0 Å². The SMILES string of the molecule is NCCc1ccccc1CN1CC2CCCC2C1. The van der Waals surface area contributed by atoms with E-state index in [1.807, 2.05) is 0 Å². The Bertz CT molecular complexity index is 390. The summed E-state index contributed by atoms with van der Waals surface area (Å²) in [6.45, 7) is 4.52. The van der Waals surface area contributed by atoms with E-state index in [0.717, 1.165) is 31.3 Å². The number of rotatable bonds is 4. The van der Waals surface area contributed by atoms with E-state index in [-0.39, 0.29) is 0 Å². The summed E-state index contributed by atoms with van der Waals surface area (Å²) in [7, 11) is 0. The van der Waals surface area contributed by atoms with E-state index >= 15 is 0 Å². The minimum absolute atomic E-state index is 0.752. The summed E-state index contributed by atoms with van der Waals surface area (Å²) >= 11 is 0. The van der Waals surface area contributed by atoms with Crippen LogP contribution < -0.4 is 5.73 Å². The number of nitrogens with two attached hydrogens (primary N) is 1. The zero-order valence-corrected chi connectivity index (χ0v) is 11.1. The smallest absolute Gasteiger partial charge is 0.0236 e. The van der Waals surface area contributed by atoms with Crippen molar-refractivity contribution in [1.82, 2.24) is 4.90 Å². The number of benzene rings is 1. The van der Waals surface area contributed by atoms with Crippen LogP contribution in [0.4, 0.5) is 0 Å². The summed E-state index contributed by atoms with van der Waals surface area (Å²) in [5.41, 5.74) is 8.63. The quantitative estimate of drug-likeness (QED) is 0.881. The zero-order valence-electron chi connectivity index (χ0n) is 11.1. The van der Waals surface area contributed by atoms with Crippen molar-refractivity contribution < 1.29 is 0 Å². The van der Waals surface area contributed by atoms with E-state index < -0.39 is 0 Å². The second kappa shape index (κ2) is 5.41. The molecule has 2 atom stereocenters. The van der Waals surface area contributed by atoms with Crippen LogP contribution in [0.5, 0.6) is 0 Å². The van der Waals surface area contributed by atoms with Gasteiger partial charge in [-0.15, -0.1) is 0 Å². The fourth-order valence-electron chi connectivity index (χ4n) is 3.81. The van der Waals surface area contributed by atoms with Crippen molar-refractivity contribution in [3.05, 3.63) is 35.4 Å². The molecule has 0 aromatic heterocycles. The van der Waals surface area contributed by atoms with E-state index in [0.29, 0.717) is 0 Å². The van der Waals surface area contributed by atoms with Crippen LogP contribution in [0.15, 0.2) is 24.3 Å². The van der Waals surface area contributed by atoms with E-state index in [9.17, 15) is 0 Å². The van der Waals surface area contributed by atoms with Gasteiger partial charge in [-0.3, -0.25) is 4.90 Å². The van der Waals surface area contributed by atoms with Gasteiger partial charge >= 0.3 is 0 Å². The molecule has 2 aliphatic rings. The fourth-order valence-corrected chi connectivity index (χ4v) is 3.81. The molecule has 0 amide bonds. The van der Waals surface area contributed by atoms with Gasteiger partial charge in [-0.1, -0.05) is 30.7 Å². The molecule has 2 N–H and O–H groups in total. The second-order valence-electron chi connectivity index (χ2n) is 5.95. The molecule has 3 rings (SSSR count). The Hall–Kier alpha value is -0.860. The van der Waals surface area contributed by atoms with Gasteiger partial charge < -0.3 is 5.73 Å². The molecule has 98 valence electrons. The average molecular weight is 244 g/mol. The maximum Gasteiger partial charge on any atom is 0.0236 e. The minimum atomic E-state index is 0.752. The Morgan fingerprint density at radius 3 is 2.39 bits per heavy atom. The van der Waals surface area contributed by atoms with Crippen molar-refractivity contribution in [2.45, 2.75) is 32.2 Å². The molecule has 1 aromatic rings. The van der Waals surface area contributed by atoms with Gasteiger partial charge in [-0.05, 0) is 48.8 Å². The lowest BCUT2D eigenvalue weighted by Gasteiger charge is -2.19. The van der Waals surface area contributed by atoms with Crippen LogP contribution in [-0.2, 0) is 13.0 Å². The Labute approximate surface area is 110 Å². The molecule has 2 fully saturated rings. The summed E-state index contributed by atoms with van der Waals surface area (Å²) in [6.07, 6.45) is 5.40. The molecule has 2 unspecified atom stereocenters. The predicted molar refractivity (Wildman–Crippen MR) is 75.3 cm³/mol. The summed E-state index contributed by atoms with van der Waals surface area (Å²) in [5.74, 6) is 1.98. The maximum absolute atomic E-state index is 5.70. The van der Waals surface area contributed by atoms with Gasteiger partial charge in [0.15, 0.2) is 0 Å². The number of hydrogen-bond donors (Lipinski definition) is 1. The average Bonchev–Trinajstić information content (AvgIpc) is 2.92. The molecule has 1 saturated heterocycles. The molecule has 1 aliphatic carbocycles. The standard InChI is InChI=1S/C16H24N2/c17-9-8-13-4-1-2-5-14(13)10-18-11-15-6-3-7-16(15)12-18/h1-2,4-5,15-16H,3,6-12,17H2. The van der Waals surface area contributed by atoms with Gasteiger partial charge in [0.05, 0.1) is 0 Å². The molecule has 1 aliphatic heterocycles. The van der Waals surface area contributed by atoms with Crippen molar-refractivity contribution in [3.8, 4) is 0 Å². The molecular weight excluding hydrogens is 220 g/mol. The molecule has 0 spiro atoms. The van der Waals surface area contributed by atoms with Gasteiger partial charge in [0.1, 0.15) is 0 Å². The van der Waals surface area contributed by atoms with E-state index in [2.05, 4.69) is 29.2 Å². The number of nitrogens with zero attached hydrogens (tertiary/aromatic N) is 1. The molecule has 2 nitrogen and oxygen atoms in total. The Balaban J connectivity index is 1.66. The van der Waals surface area contributed by atoms with Crippen LogP contribution in [-0.4, -0.2) is 24.5 Å². The molecule has 1 heterocycles. The largest absolute Gasteiger partial charge is 0.330 e. The lowest BCUT2D eigenvalue weighted by atomic mass is 10.0. The van der Waals surface area contributed by atoms with Crippen LogP contribution in [0.1, 0.15) is 30.4 Å². The molecular formula is C16H24N2. The van der Waals surface area contributed by atoms with Gasteiger partial charge in [0.25, 0.3) is 0 Å². The van der Waals surface area contributed by atoms with Crippen molar-refractivity contribution >= 4 is 0 Å². The van der Waals surface area contributed by atoms with E-state index in [1.165, 1.54) is 43.5 Å². The second-order valence-corrected chi connectivity index (χ2v) is 5.95. The third-order valence-corrected chi connectivity index (χ3v) is 4.73. The Morgan fingerprint density at radius 1 is 1.06 bits per heavy atom. The molecule has 1 saturated carbocycles. The molecule has 18 heavy (non-hydrogen) atoms. The third-order valence-electron chi connectivity index (χ3n) is 4.73. The topological polar surface area (TPSA) is 29.3 Å². The minimum Gasteiger partial charge on any atom is -0.330 e. The first-order valence-electron chi connectivity index (χ1n) is 7.36. The highest BCUT2D eigenvalue weighted by Crippen LogP contribution is 2.38. The summed E-state index contributed by atoms with van der Waals surface area (Å²) in [4.78, 5) is 2.66. The highest BCUT2D eigenvalue weighted by atomic mass is 15.2. The molecule has 1 aromatic carbocycles. The van der Waals surface area contributed by atoms with Gasteiger partial charge in [0, 0.05) is 19.6 Å². The normalized spacial score (nSPS) is 27.6. The first-order valence-corrected chi connectivity index (χ1v) is 7.36. The zero-order chi connectivity index (χ0) is 12.4. The highest BCUT2D eigenvalue weighted by Gasteiger charge is 2.35. The van der Waals surface area contributed by atoms with E-state index in [1.54, 1.807) is 0 Å². The van der Waals surface area contributed by atoms with Crippen LogP contribution in [0.25, 0.3) is 0 Å². The first kappa shape index (κ1) is 12.2. The monoisotopic (exact) mass is 244 g/mol. The highest BCUT2D eigenvalue weighted by molar-refractivity contribution is 5.27. The number of likely N-dealkylation sites (tertiary alicyclic amines) is 1. The van der Waals surface area contributed by atoms with E-state index in [4.69, 9.17) is 5.73 Å². The summed E-state index contributed by atoms with van der Waals surface area (Å²) in [6, 6.07) is 8.80. The maximum atomic E-state index is 5.70. The van der Waals surface area contributed by atoms with Crippen LogP contribution in [0, 0.1) is 11.8 Å².